The monoisotopic (exact) mass is 696 g/mol. The molecule has 0 atom stereocenters. The summed E-state index contributed by atoms with van der Waals surface area (Å²) >= 11 is 0. The fourth-order valence-corrected chi connectivity index (χ4v) is 5.79. The van der Waals surface area contributed by atoms with Crippen LogP contribution < -0.4 is 38.2 Å². The molecule has 8 heteroatoms. The van der Waals surface area contributed by atoms with Gasteiger partial charge in [0.15, 0.2) is 0 Å². The molecule has 6 rings (SSSR count). The molecule has 0 fully saturated rings. The molecule has 0 heterocycles. The van der Waals surface area contributed by atoms with Gasteiger partial charge in [0, 0.05) is 34.1 Å². The van der Waals surface area contributed by atoms with E-state index in [1.807, 2.05) is 121 Å². The Bertz CT molecular complexity index is 1710. The molecule has 0 amide bonds. The second kappa shape index (κ2) is 17.6. The molecule has 6 aromatic rings. The van der Waals surface area contributed by atoms with Crippen molar-refractivity contribution in [1.82, 2.24) is 0 Å². The zero-order valence-corrected chi connectivity index (χ0v) is 30.0. The van der Waals surface area contributed by atoms with Crippen LogP contribution in [0, 0.1) is 0 Å². The van der Waals surface area contributed by atoms with Gasteiger partial charge in [0.05, 0.1) is 41.7 Å². The van der Waals surface area contributed by atoms with Gasteiger partial charge in [-0.3, -0.25) is 0 Å². The summed E-state index contributed by atoms with van der Waals surface area (Å²) in [6, 6.07) is 48.4. The number of hydrogen-bond acceptors (Lipinski definition) is 8. The molecular formula is C44H44N2O6. The highest BCUT2D eigenvalue weighted by Gasteiger charge is 2.15. The number of methoxy groups -OCH3 is 4. The summed E-state index contributed by atoms with van der Waals surface area (Å²) in [6.07, 6.45) is 1.73. The second-order valence-corrected chi connectivity index (χ2v) is 11.9. The van der Waals surface area contributed by atoms with E-state index in [2.05, 4.69) is 34.1 Å². The maximum atomic E-state index is 6.09. The molecular weight excluding hydrogens is 652 g/mol. The lowest BCUT2D eigenvalue weighted by molar-refractivity contribution is 0.266. The van der Waals surface area contributed by atoms with Crippen LogP contribution in [0.2, 0.25) is 0 Å². The first-order chi connectivity index (χ1) is 25.6. The van der Waals surface area contributed by atoms with Crippen LogP contribution in [0.25, 0.3) is 0 Å². The smallest absolute Gasteiger partial charge is 0.119 e. The van der Waals surface area contributed by atoms with Gasteiger partial charge in [-0.1, -0.05) is 0 Å². The minimum atomic E-state index is 0.598. The third-order valence-electron chi connectivity index (χ3n) is 8.59. The van der Waals surface area contributed by atoms with E-state index >= 15 is 0 Å². The second-order valence-electron chi connectivity index (χ2n) is 11.9. The normalized spacial score (nSPS) is 10.6. The Kier molecular flexibility index (Phi) is 12.0. The van der Waals surface area contributed by atoms with Crippen molar-refractivity contribution in [3.8, 4) is 34.5 Å². The van der Waals surface area contributed by atoms with Gasteiger partial charge in [0.2, 0.25) is 0 Å². The molecule has 0 radical (unpaired) electrons. The summed E-state index contributed by atoms with van der Waals surface area (Å²) in [5.74, 6) is 4.88. The fourth-order valence-electron chi connectivity index (χ4n) is 5.79. The highest BCUT2D eigenvalue weighted by Crippen LogP contribution is 2.38. The van der Waals surface area contributed by atoms with Crippen molar-refractivity contribution >= 4 is 34.1 Å². The van der Waals surface area contributed by atoms with Gasteiger partial charge in [-0.2, -0.15) is 0 Å². The van der Waals surface area contributed by atoms with Crippen LogP contribution in [0.1, 0.15) is 12.8 Å². The number of unbranched alkanes of at least 4 members (excludes halogenated alkanes) is 1. The summed E-state index contributed by atoms with van der Waals surface area (Å²) < 4.78 is 33.7. The van der Waals surface area contributed by atoms with E-state index in [1.54, 1.807) is 28.4 Å². The Balaban J connectivity index is 1.02. The highest BCUT2D eigenvalue weighted by atomic mass is 16.5. The topological polar surface area (TPSA) is 61.9 Å². The number of rotatable bonds is 17. The van der Waals surface area contributed by atoms with E-state index in [4.69, 9.17) is 28.4 Å². The molecule has 52 heavy (non-hydrogen) atoms. The molecule has 266 valence electrons. The van der Waals surface area contributed by atoms with Crippen LogP contribution in [0.3, 0.4) is 0 Å². The summed E-state index contributed by atoms with van der Waals surface area (Å²) in [6.45, 7) is 1.20. The molecule has 6 aromatic carbocycles. The molecule has 0 unspecified atom stereocenters. The molecule has 0 bridgehead atoms. The first-order valence-corrected chi connectivity index (χ1v) is 17.2. The number of benzene rings is 6. The van der Waals surface area contributed by atoms with Crippen LogP contribution in [0.15, 0.2) is 146 Å². The molecule has 0 saturated carbocycles. The summed E-state index contributed by atoms with van der Waals surface area (Å²) in [7, 11) is 6.68. The molecule has 0 aliphatic carbocycles. The maximum absolute atomic E-state index is 6.09. The lowest BCUT2D eigenvalue weighted by Crippen LogP contribution is -2.10. The highest BCUT2D eigenvalue weighted by molar-refractivity contribution is 5.78. The largest absolute Gasteiger partial charge is 0.497 e. The predicted octanol–water partition coefficient (Wildman–Crippen LogP) is 10.9. The van der Waals surface area contributed by atoms with Gasteiger partial charge in [-0.05, 0) is 158 Å². The zero-order chi connectivity index (χ0) is 36.1. The van der Waals surface area contributed by atoms with Gasteiger partial charge in [0.25, 0.3) is 0 Å². The number of anilines is 6. The summed E-state index contributed by atoms with van der Waals surface area (Å²) in [5, 5.41) is 0. The van der Waals surface area contributed by atoms with E-state index in [-0.39, 0.29) is 0 Å². The van der Waals surface area contributed by atoms with Crippen LogP contribution in [0.5, 0.6) is 34.5 Å². The first kappa shape index (κ1) is 35.5. The molecule has 8 nitrogen and oxygen atoms in total. The van der Waals surface area contributed by atoms with Gasteiger partial charge in [-0.25, -0.2) is 0 Å². The van der Waals surface area contributed by atoms with Crippen LogP contribution >= 0.6 is 0 Å². The Hall–Kier alpha value is -6.28. The Morgan fingerprint density at radius 2 is 0.481 bits per heavy atom. The van der Waals surface area contributed by atoms with E-state index < -0.39 is 0 Å². The fraction of sp³-hybridized carbons (Fsp3) is 0.182. The van der Waals surface area contributed by atoms with E-state index in [9.17, 15) is 0 Å². The van der Waals surface area contributed by atoms with Crippen molar-refractivity contribution in [3.63, 3.8) is 0 Å². The van der Waals surface area contributed by atoms with E-state index in [0.717, 1.165) is 81.5 Å². The van der Waals surface area contributed by atoms with Crippen molar-refractivity contribution in [1.29, 1.82) is 0 Å². The Morgan fingerprint density at radius 3 is 0.673 bits per heavy atom. The molecule has 0 aliphatic rings. The Morgan fingerprint density at radius 1 is 0.288 bits per heavy atom. The van der Waals surface area contributed by atoms with E-state index in [0.29, 0.717) is 13.2 Å². The van der Waals surface area contributed by atoms with Crippen LogP contribution in [-0.2, 0) is 0 Å². The minimum Gasteiger partial charge on any atom is -0.497 e. The number of hydrogen-bond donors (Lipinski definition) is 0. The van der Waals surface area contributed by atoms with Gasteiger partial charge in [0.1, 0.15) is 34.5 Å². The molecule has 0 spiro atoms. The zero-order valence-electron chi connectivity index (χ0n) is 30.0. The van der Waals surface area contributed by atoms with Gasteiger partial charge in [-0.15, -0.1) is 0 Å². The van der Waals surface area contributed by atoms with Crippen molar-refractivity contribution in [2.45, 2.75) is 12.8 Å². The third kappa shape index (κ3) is 8.89. The van der Waals surface area contributed by atoms with Crippen LogP contribution in [-0.4, -0.2) is 41.7 Å². The predicted molar refractivity (Wildman–Crippen MR) is 209 cm³/mol. The van der Waals surface area contributed by atoms with Crippen molar-refractivity contribution in [3.05, 3.63) is 146 Å². The summed E-state index contributed by atoms with van der Waals surface area (Å²) in [4.78, 5) is 4.37. The molecule has 0 aliphatic heterocycles. The molecule has 0 aromatic heterocycles. The lowest BCUT2D eigenvalue weighted by atomic mass is 10.2. The van der Waals surface area contributed by atoms with Gasteiger partial charge >= 0.3 is 0 Å². The first-order valence-electron chi connectivity index (χ1n) is 17.2. The third-order valence-corrected chi connectivity index (χ3v) is 8.59. The minimum absolute atomic E-state index is 0.598. The van der Waals surface area contributed by atoms with Gasteiger partial charge < -0.3 is 38.2 Å². The van der Waals surface area contributed by atoms with E-state index in [1.165, 1.54) is 0 Å². The standard InChI is InChI=1S/C44H44N2O6/c1-47-39-19-7-33(8-20-39)45(34-9-21-40(48-2)22-10-34)37-15-27-43(28-16-37)51-31-5-6-32-52-44-29-17-38(18-30-44)46(35-11-23-41(49-3)24-12-35)36-13-25-42(50-4)26-14-36/h7-30H,5-6,31-32H2,1-4H3. The quantitative estimate of drug-likeness (QED) is 0.0874. The van der Waals surface area contributed by atoms with Crippen molar-refractivity contribution < 1.29 is 28.4 Å². The number of ether oxygens (including phenoxy) is 6. The average Bonchev–Trinajstić information content (AvgIpc) is 3.21. The average molecular weight is 697 g/mol. The summed E-state index contributed by atoms with van der Waals surface area (Å²) in [5.41, 5.74) is 6.08. The van der Waals surface area contributed by atoms with Crippen LogP contribution in [0.4, 0.5) is 34.1 Å². The number of nitrogens with zero attached hydrogens (tertiary/aromatic N) is 2. The lowest BCUT2D eigenvalue weighted by Gasteiger charge is -2.26. The Labute approximate surface area is 306 Å². The maximum Gasteiger partial charge on any atom is 0.119 e. The van der Waals surface area contributed by atoms with Crippen molar-refractivity contribution in [2.75, 3.05) is 51.5 Å². The molecule has 0 N–H and O–H groups in total. The SMILES string of the molecule is COc1ccc(N(c2ccc(OC)cc2)c2ccc(OCCCCOc3ccc(N(c4ccc(OC)cc4)c4ccc(OC)cc4)cc3)cc2)cc1. The molecule has 0 saturated heterocycles. The van der Waals surface area contributed by atoms with Crippen molar-refractivity contribution in [2.24, 2.45) is 0 Å².